The zero-order valence-electron chi connectivity index (χ0n) is 56.8. The number of esters is 2. The number of quaternary nitrogens is 1. The summed E-state index contributed by atoms with van der Waals surface area (Å²) in [6.07, 6.45) is 92.3. The molecule has 86 heavy (non-hydrogen) atoms. The number of phosphoric acid groups is 1. The normalized spacial score (nSPS) is 13.7. The third-order valence-corrected chi connectivity index (χ3v) is 16.6. The van der Waals surface area contributed by atoms with E-state index < -0.39 is 26.5 Å². The van der Waals surface area contributed by atoms with Crippen molar-refractivity contribution < 1.29 is 42.1 Å². The Balaban J connectivity index is 4.02. The second-order valence-corrected chi connectivity index (χ2v) is 26.7. The van der Waals surface area contributed by atoms with Crippen LogP contribution in [0, 0.1) is 0 Å². The number of phosphoric ester groups is 1. The Kier molecular flexibility index (Phi) is 64.0. The molecule has 10 heteroatoms. The highest BCUT2D eigenvalue weighted by Crippen LogP contribution is 2.43. The van der Waals surface area contributed by atoms with Crippen molar-refractivity contribution in [3.63, 3.8) is 0 Å². The Morgan fingerprint density at radius 1 is 0.372 bits per heavy atom. The molecular weight excluding hydrogens is 1090 g/mol. The van der Waals surface area contributed by atoms with E-state index in [4.69, 9.17) is 18.5 Å². The summed E-state index contributed by atoms with van der Waals surface area (Å²) in [5.74, 6) is -0.788. The summed E-state index contributed by atoms with van der Waals surface area (Å²) in [4.78, 5) is 35.9. The average molecular weight is 1220 g/mol. The average Bonchev–Trinajstić information content (AvgIpc) is 3.67. The molecule has 498 valence electrons. The molecule has 0 fully saturated rings. The minimum absolute atomic E-state index is 0.0302. The zero-order valence-corrected chi connectivity index (χ0v) is 57.7. The molecule has 0 saturated heterocycles. The van der Waals surface area contributed by atoms with Gasteiger partial charge in [0.05, 0.1) is 27.7 Å². The van der Waals surface area contributed by atoms with E-state index >= 15 is 0 Å². The quantitative estimate of drug-likeness (QED) is 0.0211. The number of nitrogens with zero attached hydrogens (tertiary/aromatic N) is 1. The van der Waals surface area contributed by atoms with Gasteiger partial charge < -0.3 is 18.9 Å². The molecule has 0 aliphatic rings. The first-order chi connectivity index (χ1) is 42.0. The van der Waals surface area contributed by atoms with E-state index in [9.17, 15) is 19.0 Å². The molecule has 0 rings (SSSR count). The van der Waals surface area contributed by atoms with Crippen LogP contribution in [0.5, 0.6) is 0 Å². The summed E-state index contributed by atoms with van der Waals surface area (Å²) in [7, 11) is 1.48. The number of likely N-dealkylation sites (N-methyl/N-ethyl adjacent to an activating group) is 1. The van der Waals surface area contributed by atoms with E-state index in [1.807, 2.05) is 21.1 Å². The first kappa shape index (κ1) is 82.9. The maximum atomic E-state index is 12.9. The van der Waals surface area contributed by atoms with Gasteiger partial charge in [0.2, 0.25) is 0 Å². The topological polar surface area (TPSA) is 108 Å². The lowest BCUT2D eigenvalue weighted by Gasteiger charge is -2.24. The molecule has 0 spiro atoms. The van der Waals surface area contributed by atoms with Gasteiger partial charge in [-0.1, -0.05) is 310 Å². The molecule has 0 aromatic carbocycles. The number of allylic oxidation sites excluding steroid dienone is 16. The van der Waals surface area contributed by atoms with E-state index in [1.165, 1.54) is 205 Å². The van der Waals surface area contributed by atoms with Gasteiger partial charge in [-0.25, -0.2) is 4.57 Å². The maximum absolute atomic E-state index is 12.9. The van der Waals surface area contributed by atoms with E-state index in [0.717, 1.165) is 83.5 Å². The van der Waals surface area contributed by atoms with Crippen LogP contribution < -0.4 is 0 Å². The van der Waals surface area contributed by atoms with Crippen molar-refractivity contribution in [2.24, 2.45) is 0 Å². The molecule has 0 saturated carbocycles. The van der Waals surface area contributed by atoms with Crippen molar-refractivity contribution in [1.29, 1.82) is 0 Å². The molecule has 0 aromatic rings. The fourth-order valence-corrected chi connectivity index (χ4v) is 10.9. The molecule has 2 unspecified atom stereocenters. The predicted octanol–water partition coefficient (Wildman–Crippen LogP) is 23.5. The molecule has 1 N–H and O–H groups in total. The predicted molar refractivity (Wildman–Crippen MR) is 372 cm³/mol. The van der Waals surface area contributed by atoms with Crippen LogP contribution in [-0.2, 0) is 32.7 Å². The van der Waals surface area contributed by atoms with Crippen molar-refractivity contribution in [3.05, 3.63) is 97.2 Å². The van der Waals surface area contributed by atoms with Crippen LogP contribution >= 0.6 is 7.82 Å². The molecule has 0 amide bonds. The summed E-state index contributed by atoms with van der Waals surface area (Å²) in [5.41, 5.74) is 0. The van der Waals surface area contributed by atoms with Crippen LogP contribution in [0.4, 0.5) is 0 Å². The zero-order chi connectivity index (χ0) is 62.6. The van der Waals surface area contributed by atoms with Gasteiger partial charge in [-0.2, -0.15) is 0 Å². The smallest absolute Gasteiger partial charge is 0.462 e. The van der Waals surface area contributed by atoms with Crippen molar-refractivity contribution in [3.8, 4) is 0 Å². The molecule has 0 radical (unpaired) electrons. The Morgan fingerprint density at radius 2 is 0.663 bits per heavy atom. The number of unbranched alkanes of at least 4 members (excludes halogenated alkanes) is 36. The summed E-state index contributed by atoms with van der Waals surface area (Å²) < 4.78 is 34.7. The summed E-state index contributed by atoms with van der Waals surface area (Å²) in [6, 6.07) is 0. The largest absolute Gasteiger partial charge is 0.472 e. The lowest BCUT2D eigenvalue weighted by molar-refractivity contribution is -0.870. The van der Waals surface area contributed by atoms with E-state index in [-0.39, 0.29) is 32.0 Å². The van der Waals surface area contributed by atoms with Gasteiger partial charge in [-0.15, -0.1) is 0 Å². The molecule has 0 aromatic heterocycles. The lowest BCUT2D eigenvalue weighted by atomic mass is 10.0. The van der Waals surface area contributed by atoms with Crippen LogP contribution in [0.1, 0.15) is 322 Å². The van der Waals surface area contributed by atoms with Gasteiger partial charge >= 0.3 is 19.8 Å². The van der Waals surface area contributed by atoms with Gasteiger partial charge in [0.1, 0.15) is 19.8 Å². The number of rotatable bonds is 66. The molecule has 2 atom stereocenters. The van der Waals surface area contributed by atoms with Crippen molar-refractivity contribution in [2.75, 3.05) is 47.5 Å². The fraction of sp³-hybridized carbons (Fsp3) is 0.763. The molecule has 0 aliphatic carbocycles. The molecule has 0 heterocycles. The van der Waals surface area contributed by atoms with E-state index in [2.05, 4.69) is 111 Å². The van der Waals surface area contributed by atoms with Crippen molar-refractivity contribution in [1.82, 2.24) is 0 Å². The molecule has 0 bridgehead atoms. The van der Waals surface area contributed by atoms with E-state index in [0.29, 0.717) is 17.4 Å². The molecule has 0 aliphatic heterocycles. The van der Waals surface area contributed by atoms with Gasteiger partial charge in [-0.05, 0) is 96.3 Å². The van der Waals surface area contributed by atoms with Gasteiger partial charge in [-0.3, -0.25) is 18.6 Å². The molecule has 9 nitrogen and oxygen atoms in total. The number of carbonyl (C=O) groups is 2. The highest BCUT2D eigenvalue weighted by atomic mass is 31.2. The minimum atomic E-state index is -4.40. The fourth-order valence-electron chi connectivity index (χ4n) is 10.1. The second-order valence-electron chi connectivity index (χ2n) is 25.2. The lowest BCUT2D eigenvalue weighted by Crippen LogP contribution is -2.37. The number of hydrogen-bond acceptors (Lipinski definition) is 7. The third-order valence-electron chi connectivity index (χ3n) is 15.6. The van der Waals surface area contributed by atoms with Gasteiger partial charge in [0.15, 0.2) is 6.10 Å². The number of carbonyl (C=O) groups excluding carboxylic acids is 2. The van der Waals surface area contributed by atoms with E-state index in [1.54, 1.807) is 0 Å². The first-order valence-electron chi connectivity index (χ1n) is 36.0. The van der Waals surface area contributed by atoms with Crippen LogP contribution in [0.3, 0.4) is 0 Å². The Morgan fingerprint density at radius 3 is 1.00 bits per heavy atom. The van der Waals surface area contributed by atoms with Crippen LogP contribution in [0.15, 0.2) is 97.2 Å². The van der Waals surface area contributed by atoms with Crippen molar-refractivity contribution in [2.45, 2.75) is 328 Å². The number of ether oxygens (including phenoxy) is 2. The van der Waals surface area contributed by atoms with Crippen LogP contribution in [0.25, 0.3) is 0 Å². The molecular formula is C76H137NO8P+. The second kappa shape index (κ2) is 66.4. The number of hydrogen-bond donors (Lipinski definition) is 1. The van der Waals surface area contributed by atoms with Gasteiger partial charge in [0.25, 0.3) is 0 Å². The maximum Gasteiger partial charge on any atom is 0.472 e. The van der Waals surface area contributed by atoms with Crippen LogP contribution in [0.2, 0.25) is 0 Å². The van der Waals surface area contributed by atoms with Crippen molar-refractivity contribution >= 4 is 19.8 Å². The SMILES string of the molecule is CC/C=C\C/C=C\C/C=C\C/C=C\C/C=C\C/C=C\C/C=C\CCCCCCCCCCCCCCCCCC(=O)OC(COC(=O)CCCCCCCCCCCCCCC/C=C\CCCCCCCCCC)COP(=O)(O)OCC[N+](C)(C)C. The van der Waals surface area contributed by atoms with Crippen LogP contribution in [-0.4, -0.2) is 74.9 Å². The Hall–Kier alpha value is -3.07. The highest BCUT2D eigenvalue weighted by molar-refractivity contribution is 7.47. The summed E-state index contributed by atoms with van der Waals surface area (Å²) in [6.45, 7) is 4.36. The minimum Gasteiger partial charge on any atom is -0.462 e. The Bertz CT molecular complexity index is 1770. The Labute approximate surface area is 532 Å². The summed E-state index contributed by atoms with van der Waals surface area (Å²) in [5, 5.41) is 0. The standard InChI is InChI=1S/C76H136NO8P/c1-6-8-10-12-14-16-18-20-22-24-26-28-30-32-33-34-35-36-37-38-39-40-41-42-43-45-47-49-51-53-55-57-59-61-63-65-67-69-76(79)85-74(73-84-86(80,81)83-71-70-77(3,4)5)72-82-75(78)68-66-64-62-60-58-56-54-52-50-48-46-44-31-29-27-25-23-21-19-17-15-13-11-9-7-2/h8,10,14,16,20,22,25-28,32-33,35-36,38-39,74H,6-7,9,11-13,15,17-19,21,23-24,29-31,34,37,40-73H2,1-5H3/p+1/b10-8-,16-14-,22-20-,27-25-,28-26-,33-32-,36-35-,39-38-. The first-order valence-corrected chi connectivity index (χ1v) is 37.5. The third kappa shape index (κ3) is 70.0. The van der Waals surface area contributed by atoms with Gasteiger partial charge in [0, 0.05) is 12.8 Å². The summed E-state index contributed by atoms with van der Waals surface area (Å²) >= 11 is 0. The monoisotopic (exact) mass is 1220 g/mol. The highest BCUT2D eigenvalue weighted by Gasteiger charge is 2.27.